The van der Waals surface area contributed by atoms with Crippen LogP contribution in [0.15, 0.2) is 12.2 Å². The number of aliphatic hydroxyl groups excluding tert-OH is 7. The van der Waals surface area contributed by atoms with E-state index in [0.29, 0.717) is 12.8 Å². The quantitative estimate of drug-likeness (QED) is 0.0456. The first-order chi connectivity index (χ1) is 22.2. The number of aliphatic hydroxyl groups is 7. The lowest BCUT2D eigenvalue weighted by Crippen LogP contribution is -2.60. The first kappa shape index (κ1) is 42.9. The molecule has 0 saturated carbocycles. The third-order valence-corrected chi connectivity index (χ3v) is 8.82. The maximum atomic E-state index is 12.9. The number of amides is 1. The monoisotopic (exact) mass is 661 g/mol. The van der Waals surface area contributed by atoms with Crippen LogP contribution in [0.2, 0.25) is 0 Å². The van der Waals surface area contributed by atoms with Crippen LogP contribution in [0.5, 0.6) is 0 Å². The molecule has 1 heterocycles. The van der Waals surface area contributed by atoms with Crippen molar-refractivity contribution < 1.29 is 50.0 Å². The Morgan fingerprint density at radius 3 is 1.87 bits per heavy atom. The normalized spacial score (nSPS) is 24.6. The van der Waals surface area contributed by atoms with Crippen LogP contribution in [-0.4, -0.2) is 110 Å². The van der Waals surface area contributed by atoms with Crippen molar-refractivity contribution in [3.8, 4) is 0 Å². The molecule has 46 heavy (non-hydrogen) atoms. The number of carbonyl (C=O) groups excluding carboxylic acids is 1. The standard InChI is InChI=1S/C35H67NO10/c1-3-5-7-9-11-13-15-16-18-20-22-27(38)30(40)26(25-45-35-33(43)32(42)31(41)29(24-37)46-35)36-34(44)28(39)23-21-19-17-14-12-10-8-6-4-2/h15-16,26-33,35,37-43H,3-14,17-25H2,1-2H3,(H,36,44)/b16-15+. The average Bonchev–Trinajstić information content (AvgIpc) is 3.05. The molecule has 0 aliphatic carbocycles. The van der Waals surface area contributed by atoms with E-state index in [-0.39, 0.29) is 12.8 Å². The molecule has 1 aliphatic heterocycles. The van der Waals surface area contributed by atoms with Gasteiger partial charge in [-0.2, -0.15) is 0 Å². The number of unbranched alkanes of at least 4 members (excludes halogenated alkanes) is 14. The fourth-order valence-corrected chi connectivity index (χ4v) is 5.67. The molecule has 0 aromatic rings. The Morgan fingerprint density at radius 2 is 1.28 bits per heavy atom. The van der Waals surface area contributed by atoms with Crippen LogP contribution in [-0.2, 0) is 14.3 Å². The van der Waals surface area contributed by atoms with Gasteiger partial charge in [0.1, 0.15) is 36.6 Å². The van der Waals surface area contributed by atoms with Crippen molar-refractivity contribution in [2.45, 2.75) is 191 Å². The fraction of sp³-hybridized carbons (Fsp3) is 0.914. The molecular weight excluding hydrogens is 594 g/mol. The van der Waals surface area contributed by atoms with Gasteiger partial charge in [0.2, 0.25) is 5.91 Å². The number of hydrogen-bond donors (Lipinski definition) is 8. The Hall–Kier alpha value is -1.15. The van der Waals surface area contributed by atoms with Gasteiger partial charge in [-0.05, 0) is 38.5 Å². The second-order valence-corrected chi connectivity index (χ2v) is 12.9. The van der Waals surface area contributed by atoms with E-state index in [1.165, 1.54) is 57.8 Å². The van der Waals surface area contributed by atoms with Crippen molar-refractivity contribution >= 4 is 5.91 Å². The van der Waals surface area contributed by atoms with Gasteiger partial charge in [0.25, 0.3) is 0 Å². The molecule has 0 aromatic carbocycles. The first-order valence-electron chi connectivity index (χ1n) is 18.1. The summed E-state index contributed by atoms with van der Waals surface area (Å²) in [5, 5.41) is 74.8. The lowest BCUT2D eigenvalue weighted by Gasteiger charge is -2.40. The number of rotatable bonds is 28. The zero-order chi connectivity index (χ0) is 34.2. The molecule has 9 atom stereocenters. The minimum absolute atomic E-state index is 0.255. The third kappa shape index (κ3) is 17.8. The largest absolute Gasteiger partial charge is 0.394 e. The van der Waals surface area contributed by atoms with Crippen LogP contribution < -0.4 is 5.32 Å². The van der Waals surface area contributed by atoms with Gasteiger partial charge in [-0.15, -0.1) is 0 Å². The van der Waals surface area contributed by atoms with Crippen molar-refractivity contribution in [2.75, 3.05) is 13.2 Å². The molecule has 0 aromatic heterocycles. The summed E-state index contributed by atoms with van der Waals surface area (Å²) in [6, 6.07) is -1.17. The number of nitrogens with one attached hydrogen (secondary N) is 1. The fourth-order valence-electron chi connectivity index (χ4n) is 5.67. The summed E-state index contributed by atoms with van der Waals surface area (Å²) in [4.78, 5) is 12.9. The second-order valence-electron chi connectivity index (χ2n) is 12.9. The van der Waals surface area contributed by atoms with E-state index in [1.807, 2.05) is 0 Å². The van der Waals surface area contributed by atoms with E-state index in [0.717, 1.165) is 38.5 Å². The Morgan fingerprint density at radius 1 is 0.739 bits per heavy atom. The molecule has 1 amide bonds. The van der Waals surface area contributed by atoms with Gasteiger partial charge in [0.05, 0.1) is 25.4 Å². The molecule has 11 heteroatoms. The predicted molar refractivity (Wildman–Crippen MR) is 178 cm³/mol. The summed E-state index contributed by atoms with van der Waals surface area (Å²) in [5.41, 5.74) is 0. The maximum absolute atomic E-state index is 12.9. The van der Waals surface area contributed by atoms with Gasteiger partial charge in [-0.1, -0.05) is 109 Å². The smallest absolute Gasteiger partial charge is 0.249 e. The molecule has 0 spiro atoms. The second kappa shape index (κ2) is 26.8. The van der Waals surface area contributed by atoms with E-state index in [9.17, 15) is 40.5 Å². The molecule has 0 bridgehead atoms. The van der Waals surface area contributed by atoms with Crippen molar-refractivity contribution in [3.05, 3.63) is 12.2 Å². The Labute approximate surface area is 277 Å². The summed E-state index contributed by atoms with van der Waals surface area (Å²) in [6.07, 6.45) is 11.6. The minimum Gasteiger partial charge on any atom is -0.394 e. The molecule has 0 radical (unpaired) electrons. The highest BCUT2D eigenvalue weighted by molar-refractivity contribution is 5.80. The SMILES string of the molecule is CCCCCCC/C=C/CCCC(O)C(O)C(COC1OC(CO)C(O)C(O)C1O)NC(=O)C(O)CCCCCCCCCCC. The Kier molecular flexibility index (Phi) is 24.9. The van der Waals surface area contributed by atoms with Gasteiger partial charge in [-0.25, -0.2) is 0 Å². The Balaban J connectivity index is 2.65. The van der Waals surface area contributed by atoms with Crippen LogP contribution in [0.3, 0.4) is 0 Å². The number of ether oxygens (including phenoxy) is 2. The van der Waals surface area contributed by atoms with E-state index >= 15 is 0 Å². The predicted octanol–water partition coefficient (Wildman–Crippen LogP) is 3.38. The molecule has 272 valence electrons. The van der Waals surface area contributed by atoms with Crippen molar-refractivity contribution in [3.63, 3.8) is 0 Å². The third-order valence-electron chi connectivity index (χ3n) is 8.82. The average molecular weight is 662 g/mol. The molecule has 1 saturated heterocycles. The summed E-state index contributed by atoms with van der Waals surface area (Å²) >= 11 is 0. The molecule has 1 fully saturated rings. The highest BCUT2D eigenvalue weighted by atomic mass is 16.7. The zero-order valence-electron chi connectivity index (χ0n) is 28.6. The van der Waals surface area contributed by atoms with Gasteiger partial charge >= 0.3 is 0 Å². The lowest BCUT2D eigenvalue weighted by atomic mass is 9.98. The first-order valence-corrected chi connectivity index (χ1v) is 18.1. The molecule has 8 N–H and O–H groups in total. The molecular formula is C35H67NO10. The highest BCUT2D eigenvalue weighted by Gasteiger charge is 2.44. The lowest BCUT2D eigenvalue weighted by molar-refractivity contribution is -0.303. The maximum Gasteiger partial charge on any atom is 0.249 e. The van der Waals surface area contributed by atoms with Gasteiger partial charge in [-0.3, -0.25) is 4.79 Å². The number of hydrogen-bond acceptors (Lipinski definition) is 10. The molecule has 11 nitrogen and oxygen atoms in total. The topological polar surface area (TPSA) is 189 Å². The van der Waals surface area contributed by atoms with Crippen molar-refractivity contribution in [1.29, 1.82) is 0 Å². The van der Waals surface area contributed by atoms with Crippen LogP contribution in [0.25, 0.3) is 0 Å². The number of carbonyl (C=O) groups is 1. The summed E-state index contributed by atoms with van der Waals surface area (Å²) in [6.45, 7) is 3.31. The van der Waals surface area contributed by atoms with Crippen LogP contribution in [0.4, 0.5) is 0 Å². The van der Waals surface area contributed by atoms with E-state index in [2.05, 4.69) is 31.3 Å². The zero-order valence-corrected chi connectivity index (χ0v) is 28.6. The molecule has 1 aliphatic rings. The van der Waals surface area contributed by atoms with Gasteiger partial charge in [0.15, 0.2) is 6.29 Å². The molecule has 1 rings (SSSR count). The van der Waals surface area contributed by atoms with Crippen molar-refractivity contribution in [2.24, 2.45) is 0 Å². The van der Waals surface area contributed by atoms with Gasteiger partial charge in [0, 0.05) is 0 Å². The number of allylic oxidation sites excluding steroid dienone is 2. The summed E-state index contributed by atoms with van der Waals surface area (Å²) in [7, 11) is 0. The van der Waals surface area contributed by atoms with Crippen LogP contribution >= 0.6 is 0 Å². The van der Waals surface area contributed by atoms with Crippen molar-refractivity contribution in [1.82, 2.24) is 5.32 Å². The van der Waals surface area contributed by atoms with E-state index < -0.39 is 74.2 Å². The summed E-state index contributed by atoms with van der Waals surface area (Å²) < 4.78 is 11.0. The van der Waals surface area contributed by atoms with Gasteiger partial charge < -0.3 is 50.5 Å². The highest BCUT2D eigenvalue weighted by Crippen LogP contribution is 2.23. The molecule has 9 unspecified atom stereocenters. The van der Waals surface area contributed by atoms with E-state index in [1.54, 1.807) is 0 Å². The van der Waals surface area contributed by atoms with Crippen LogP contribution in [0.1, 0.15) is 136 Å². The van der Waals surface area contributed by atoms with E-state index in [4.69, 9.17) is 9.47 Å². The summed E-state index contributed by atoms with van der Waals surface area (Å²) in [5.74, 6) is -0.713. The van der Waals surface area contributed by atoms with Crippen LogP contribution in [0, 0.1) is 0 Å². The minimum atomic E-state index is -1.66. The Bertz CT molecular complexity index is 770.